The molecule has 1 heterocycles. The van der Waals surface area contributed by atoms with Gasteiger partial charge in [-0.2, -0.15) is 0 Å². The largest absolute Gasteiger partial charge is 0.385 e. The van der Waals surface area contributed by atoms with Crippen LogP contribution in [0.4, 0.5) is 0 Å². The first-order chi connectivity index (χ1) is 11.5. The normalized spacial score (nSPS) is 16.8. The summed E-state index contributed by atoms with van der Waals surface area (Å²) in [4.78, 5) is 7.09. The number of aryl methyl sites for hydroxylation is 1. The Bertz CT molecular complexity index is 551. The number of halogens is 1. The molecule has 0 saturated heterocycles. The van der Waals surface area contributed by atoms with E-state index in [9.17, 15) is 0 Å². The van der Waals surface area contributed by atoms with Gasteiger partial charge >= 0.3 is 0 Å². The molecule has 0 unspecified atom stereocenters. The number of hydrogen-bond donors (Lipinski definition) is 1. The van der Waals surface area contributed by atoms with E-state index in [0.29, 0.717) is 5.41 Å². The van der Waals surface area contributed by atoms with Crippen LogP contribution in [0, 0.1) is 5.41 Å². The van der Waals surface area contributed by atoms with Gasteiger partial charge in [-0.3, -0.25) is 4.99 Å². The zero-order valence-corrected chi connectivity index (χ0v) is 16.2. The van der Waals surface area contributed by atoms with Gasteiger partial charge in [0.15, 0.2) is 5.96 Å². The number of nitrogens with one attached hydrogen (secondary N) is 1. The summed E-state index contributed by atoms with van der Waals surface area (Å²) in [5.74, 6) is 0.957. The fourth-order valence-electron chi connectivity index (χ4n) is 3.24. The molecule has 1 N–H and O–H groups in total. The minimum Gasteiger partial charge on any atom is -0.385 e. The topological polar surface area (TPSA) is 41.8 Å². The van der Waals surface area contributed by atoms with Crippen LogP contribution in [0.2, 0.25) is 5.02 Å². The van der Waals surface area contributed by atoms with E-state index in [-0.39, 0.29) is 0 Å². The Morgan fingerprint density at radius 2 is 2.25 bits per heavy atom. The third kappa shape index (κ3) is 4.90. The molecule has 6 heteroatoms. The summed E-state index contributed by atoms with van der Waals surface area (Å²) in [6, 6.07) is 2.01. The van der Waals surface area contributed by atoms with Crippen LogP contribution in [0.3, 0.4) is 0 Å². The van der Waals surface area contributed by atoms with Crippen molar-refractivity contribution >= 4 is 17.6 Å². The number of ether oxygens (including phenoxy) is 1. The van der Waals surface area contributed by atoms with Gasteiger partial charge in [0.2, 0.25) is 0 Å². The van der Waals surface area contributed by atoms with Gasteiger partial charge < -0.3 is 19.5 Å². The van der Waals surface area contributed by atoms with E-state index in [0.717, 1.165) is 43.6 Å². The Morgan fingerprint density at radius 3 is 2.75 bits per heavy atom. The van der Waals surface area contributed by atoms with Crippen molar-refractivity contribution in [2.45, 2.75) is 39.2 Å². The van der Waals surface area contributed by atoms with Crippen molar-refractivity contribution in [3.63, 3.8) is 0 Å². The van der Waals surface area contributed by atoms with Crippen LogP contribution in [-0.4, -0.2) is 49.3 Å². The lowest BCUT2D eigenvalue weighted by atomic mass is 9.67. The number of rotatable bonds is 8. The maximum Gasteiger partial charge on any atom is 0.194 e. The third-order valence-corrected chi connectivity index (χ3v) is 5.19. The molecule has 5 nitrogen and oxygen atoms in total. The fourth-order valence-corrected chi connectivity index (χ4v) is 3.51. The molecule has 136 valence electrons. The fraction of sp³-hybridized carbons (Fsp3) is 0.722. The smallest absolute Gasteiger partial charge is 0.194 e. The van der Waals surface area contributed by atoms with Gasteiger partial charge in [-0.05, 0) is 37.7 Å². The predicted molar refractivity (Wildman–Crippen MR) is 101 cm³/mol. The number of methoxy groups -OCH3 is 1. The summed E-state index contributed by atoms with van der Waals surface area (Å²) < 4.78 is 7.34. The molecule has 0 amide bonds. The Labute approximate surface area is 151 Å². The van der Waals surface area contributed by atoms with Gasteiger partial charge in [0.1, 0.15) is 0 Å². The molecule has 0 radical (unpaired) electrons. The highest BCUT2D eigenvalue weighted by Gasteiger charge is 2.36. The van der Waals surface area contributed by atoms with Crippen LogP contribution in [0.5, 0.6) is 0 Å². The first-order valence-electron chi connectivity index (χ1n) is 8.79. The second-order valence-corrected chi connectivity index (χ2v) is 7.32. The number of hydrogen-bond acceptors (Lipinski definition) is 2. The quantitative estimate of drug-likeness (QED) is 0.575. The first kappa shape index (κ1) is 19.1. The van der Waals surface area contributed by atoms with E-state index in [1.807, 2.05) is 19.3 Å². The minimum atomic E-state index is 0.339. The second kappa shape index (κ2) is 8.77. The number of aromatic nitrogens is 1. The molecule has 2 rings (SSSR count). The highest BCUT2D eigenvalue weighted by molar-refractivity contribution is 6.30. The number of nitrogens with zero attached hydrogens (tertiary/aromatic N) is 3. The van der Waals surface area contributed by atoms with Crippen molar-refractivity contribution in [1.82, 2.24) is 14.8 Å². The highest BCUT2D eigenvalue weighted by Crippen LogP contribution is 2.44. The van der Waals surface area contributed by atoms with E-state index in [1.54, 1.807) is 7.11 Å². The zero-order valence-electron chi connectivity index (χ0n) is 15.4. The van der Waals surface area contributed by atoms with Crippen LogP contribution in [0.15, 0.2) is 17.3 Å². The Balaban J connectivity index is 2.02. The Morgan fingerprint density at radius 1 is 1.50 bits per heavy atom. The summed E-state index contributed by atoms with van der Waals surface area (Å²) in [5, 5.41) is 4.18. The zero-order chi connectivity index (χ0) is 17.6. The molecule has 24 heavy (non-hydrogen) atoms. The number of guanidine groups is 1. The van der Waals surface area contributed by atoms with Crippen LogP contribution < -0.4 is 5.32 Å². The minimum absolute atomic E-state index is 0.339. The number of aliphatic imine (C=N–C) groups is 1. The van der Waals surface area contributed by atoms with Crippen LogP contribution in [0.25, 0.3) is 0 Å². The van der Waals surface area contributed by atoms with Crippen LogP contribution >= 0.6 is 11.6 Å². The molecule has 1 fully saturated rings. The van der Waals surface area contributed by atoms with E-state index in [1.165, 1.54) is 25.0 Å². The molecule has 1 aromatic heterocycles. The SMILES string of the molecule is CCNC(=NCC1(CCOC)CCC1)N(C)Cc1cc(Cl)cn1C. The molecule has 1 aliphatic rings. The average Bonchev–Trinajstić information content (AvgIpc) is 2.82. The molecular weight excluding hydrogens is 324 g/mol. The van der Waals surface area contributed by atoms with Crippen molar-refractivity contribution in [2.24, 2.45) is 17.5 Å². The van der Waals surface area contributed by atoms with Crippen molar-refractivity contribution in [3.8, 4) is 0 Å². The van der Waals surface area contributed by atoms with Gasteiger partial charge in [0.25, 0.3) is 0 Å². The highest BCUT2D eigenvalue weighted by atomic mass is 35.5. The molecular formula is C18H31ClN4O. The van der Waals surface area contributed by atoms with Crippen LogP contribution in [-0.2, 0) is 18.3 Å². The van der Waals surface area contributed by atoms with Gasteiger partial charge in [0, 0.05) is 52.8 Å². The molecule has 0 atom stereocenters. The molecule has 0 aliphatic heterocycles. The summed E-state index contributed by atoms with van der Waals surface area (Å²) in [6.07, 6.45) is 6.87. The molecule has 0 spiro atoms. The van der Waals surface area contributed by atoms with Crippen molar-refractivity contribution in [2.75, 3.05) is 33.9 Å². The molecule has 1 aromatic rings. The summed E-state index contributed by atoms with van der Waals surface area (Å²) in [5.41, 5.74) is 1.51. The van der Waals surface area contributed by atoms with E-state index in [2.05, 4.69) is 28.8 Å². The second-order valence-electron chi connectivity index (χ2n) is 6.88. The Hall–Kier alpha value is -1.20. The van der Waals surface area contributed by atoms with Crippen molar-refractivity contribution < 1.29 is 4.74 Å². The van der Waals surface area contributed by atoms with Gasteiger partial charge in [0.05, 0.1) is 11.6 Å². The van der Waals surface area contributed by atoms with Gasteiger partial charge in [-0.15, -0.1) is 0 Å². The standard InChI is InChI=1S/C18H31ClN4O/c1-5-20-17(21-14-18(7-6-8-18)9-10-24-4)23(3)13-16-11-15(19)12-22(16)2/h11-12H,5-10,13-14H2,1-4H3,(H,20,21). The van der Waals surface area contributed by atoms with E-state index in [4.69, 9.17) is 21.3 Å². The van der Waals surface area contributed by atoms with Gasteiger partial charge in [-0.25, -0.2) is 0 Å². The molecule has 0 bridgehead atoms. The monoisotopic (exact) mass is 354 g/mol. The lowest BCUT2D eigenvalue weighted by Crippen LogP contribution is -2.41. The van der Waals surface area contributed by atoms with E-state index >= 15 is 0 Å². The maximum absolute atomic E-state index is 6.09. The van der Waals surface area contributed by atoms with Crippen LogP contribution in [0.1, 0.15) is 38.3 Å². The van der Waals surface area contributed by atoms with Crippen molar-refractivity contribution in [3.05, 3.63) is 23.0 Å². The third-order valence-electron chi connectivity index (χ3n) is 4.99. The lowest BCUT2D eigenvalue weighted by Gasteiger charge is -2.41. The van der Waals surface area contributed by atoms with E-state index < -0.39 is 0 Å². The van der Waals surface area contributed by atoms with Gasteiger partial charge in [-0.1, -0.05) is 18.0 Å². The average molecular weight is 355 g/mol. The summed E-state index contributed by atoms with van der Waals surface area (Å²) in [7, 11) is 5.87. The first-order valence-corrected chi connectivity index (χ1v) is 9.16. The molecule has 1 aliphatic carbocycles. The molecule has 0 aromatic carbocycles. The Kier molecular flexibility index (Phi) is 6.99. The predicted octanol–water partition coefficient (Wildman–Crippen LogP) is 3.28. The van der Waals surface area contributed by atoms with Crippen molar-refractivity contribution in [1.29, 1.82) is 0 Å². The molecule has 1 saturated carbocycles. The lowest BCUT2D eigenvalue weighted by molar-refractivity contribution is 0.0776. The maximum atomic E-state index is 6.09. The summed E-state index contributed by atoms with van der Waals surface area (Å²) >= 11 is 6.09. The summed E-state index contributed by atoms with van der Waals surface area (Å²) in [6.45, 7) is 5.44.